The van der Waals surface area contributed by atoms with Gasteiger partial charge in [-0.1, -0.05) is 30.3 Å². The van der Waals surface area contributed by atoms with Gasteiger partial charge in [-0.15, -0.1) is 0 Å². The fourth-order valence-electron chi connectivity index (χ4n) is 2.78. The number of hydrogen-bond acceptors (Lipinski definition) is 4. The first-order chi connectivity index (χ1) is 11.1. The zero-order valence-corrected chi connectivity index (χ0v) is 12.9. The van der Waals surface area contributed by atoms with E-state index < -0.39 is 5.97 Å². The van der Waals surface area contributed by atoms with Crippen LogP contribution in [0.25, 0.3) is 11.1 Å². The van der Waals surface area contributed by atoms with Gasteiger partial charge in [0.15, 0.2) is 5.43 Å². The molecule has 0 saturated heterocycles. The molecule has 0 fully saturated rings. The molecule has 0 bridgehead atoms. The van der Waals surface area contributed by atoms with Gasteiger partial charge in [0.2, 0.25) is 0 Å². The van der Waals surface area contributed by atoms with Crippen molar-refractivity contribution in [2.24, 2.45) is 0 Å². The van der Waals surface area contributed by atoms with E-state index in [1.807, 2.05) is 37.3 Å². The normalized spacial score (nSPS) is 17.1. The molecule has 0 saturated carbocycles. The van der Waals surface area contributed by atoms with Crippen molar-refractivity contribution in [3.05, 3.63) is 75.9 Å². The third kappa shape index (κ3) is 2.75. The molecule has 1 heterocycles. The second-order valence-corrected chi connectivity index (χ2v) is 5.25. The van der Waals surface area contributed by atoms with Gasteiger partial charge < -0.3 is 9.47 Å². The van der Waals surface area contributed by atoms with Crippen molar-refractivity contribution < 1.29 is 14.3 Å². The third-order valence-corrected chi connectivity index (χ3v) is 3.82. The number of benzene rings is 1. The lowest BCUT2D eigenvalue weighted by molar-refractivity contribution is -0.136. The van der Waals surface area contributed by atoms with Crippen molar-refractivity contribution in [3.8, 4) is 5.75 Å². The van der Waals surface area contributed by atoms with E-state index in [9.17, 15) is 9.59 Å². The van der Waals surface area contributed by atoms with E-state index in [1.54, 1.807) is 12.1 Å². The van der Waals surface area contributed by atoms with Crippen LogP contribution in [0.4, 0.5) is 0 Å². The fourth-order valence-corrected chi connectivity index (χ4v) is 2.78. The number of methoxy groups -OCH3 is 1. The predicted molar refractivity (Wildman–Crippen MR) is 88.1 cm³/mol. The van der Waals surface area contributed by atoms with E-state index in [4.69, 9.17) is 9.47 Å². The summed E-state index contributed by atoms with van der Waals surface area (Å²) in [5, 5.41) is 0. The molecule has 2 aromatic carbocycles. The Kier molecular flexibility index (Phi) is 3.98. The number of hydrogen-bond donors (Lipinski definition) is 0. The van der Waals surface area contributed by atoms with Gasteiger partial charge in [0, 0.05) is 11.1 Å². The van der Waals surface area contributed by atoms with Crippen molar-refractivity contribution >= 4 is 17.1 Å². The molecule has 0 N–H and O–H groups in total. The lowest BCUT2D eigenvalue weighted by atomic mass is 9.94. The van der Waals surface area contributed by atoms with Crippen LogP contribution in [-0.4, -0.2) is 19.2 Å². The molecule has 3 rings (SSSR count). The molecular formula is C19H16O4. The number of carbonyl (C=O) groups excluding carboxylic acids is 1. The van der Waals surface area contributed by atoms with Crippen LogP contribution in [-0.2, 0) is 9.53 Å². The van der Waals surface area contributed by atoms with Gasteiger partial charge in [-0.2, -0.15) is 0 Å². The molecule has 0 amide bonds. The maximum absolute atomic E-state index is 12.4. The van der Waals surface area contributed by atoms with Gasteiger partial charge >= 0.3 is 5.97 Å². The summed E-state index contributed by atoms with van der Waals surface area (Å²) in [7, 11) is 1.51. The van der Waals surface area contributed by atoms with Gasteiger partial charge in [0.05, 0.1) is 12.7 Å². The van der Waals surface area contributed by atoms with Crippen LogP contribution >= 0.6 is 0 Å². The van der Waals surface area contributed by atoms with E-state index in [1.165, 1.54) is 19.2 Å². The molecule has 0 aromatic heterocycles. The Labute approximate surface area is 134 Å². The summed E-state index contributed by atoms with van der Waals surface area (Å²) in [6.45, 7) is 1.83. The number of carbonyl (C=O) groups is 1. The van der Waals surface area contributed by atoms with Gasteiger partial charge in [0.25, 0.3) is 0 Å². The van der Waals surface area contributed by atoms with Crippen molar-refractivity contribution in [2.45, 2.75) is 13.0 Å². The average Bonchev–Trinajstić information content (AvgIpc) is 2.73. The topological polar surface area (TPSA) is 52.6 Å². The summed E-state index contributed by atoms with van der Waals surface area (Å²) >= 11 is 0. The summed E-state index contributed by atoms with van der Waals surface area (Å²) in [6, 6.07) is 15.6. The van der Waals surface area contributed by atoms with Crippen LogP contribution < -0.4 is 10.2 Å². The van der Waals surface area contributed by atoms with Crippen molar-refractivity contribution in [1.82, 2.24) is 0 Å². The maximum atomic E-state index is 12.4. The largest absolute Gasteiger partial charge is 0.496 e. The third-order valence-electron chi connectivity index (χ3n) is 3.82. The Balaban J connectivity index is 2.31. The molecule has 1 aliphatic heterocycles. The summed E-state index contributed by atoms with van der Waals surface area (Å²) < 4.78 is 10.8. The van der Waals surface area contributed by atoms with Crippen LogP contribution in [0.3, 0.4) is 0 Å². The number of rotatable bonds is 3. The van der Waals surface area contributed by atoms with E-state index in [-0.39, 0.29) is 11.5 Å². The Morgan fingerprint density at radius 2 is 1.65 bits per heavy atom. The summed E-state index contributed by atoms with van der Waals surface area (Å²) in [4.78, 5) is 24.0. The zero-order valence-electron chi connectivity index (χ0n) is 12.9. The van der Waals surface area contributed by atoms with Gasteiger partial charge in [-0.05, 0) is 36.8 Å². The van der Waals surface area contributed by atoms with E-state index in [2.05, 4.69) is 0 Å². The summed E-state index contributed by atoms with van der Waals surface area (Å²) in [5.74, 6) is 0.0508. The quantitative estimate of drug-likeness (QED) is 0.818. The molecule has 0 radical (unpaired) electrons. The lowest BCUT2D eigenvalue weighted by Gasteiger charge is -2.10. The standard InChI is InChI=1S/C19H16O4/c1-12-17(13-6-4-3-5-7-13)18(19(21)23-12)15-10-8-14(20)9-11-16(15)22-2/h3-12H,1-2H3. The number of esters is 1. The number of ether oxygens (including phenoxy) is 2. The monoisotopic (exact) mass is 308 g/mol. The summed E-state index contributed by atoms with van der Waals surface area (Å²) in [5.41, 5.74) is 2.55. The van der Waals surface area contributed by atoms with E-state index in [0.717, 1.165) is 11.1 Å². The van der Waals surface area contributed by atoms with Gasteiger partial charge in [-0.25, -0.2) is 4.79 Å². The number of cyclic esters (lactones) is 1. The van der Waals surface area contributed by atoms with E-state index in [0.29, 0.717) is 16.9 Å². The first-order valence-corrected chi connectivity index (χ1v) is 7.31. The molecular weight excluding hydrogens is 292 g/mol. The fraction of sp³-hybridized carbons (Fsp3) is 0.158. The Bertz CT molecular complexity index is 837. The minimum absolute atomic E-state index is 0.157. The van der Waals surface area contributed by atoms with Crippen molar-refractivity contribution in [2.75, 3.05) is 7.11 Å². The highest BCUT2D eigenvalue weighted by molar-refractivity contribution is 6.28. The molecule has 23 heavy (non-hydrogen) atoms. The lowest BCUT2D eigenvalue weighted by Crippen LogP contribution is -2.05. The molecule has 1 atom stereocenters. The molecule has 4 nitrogen and oxygen atoms in total. The molecule has 4 heteroatoms. The minimum atomic E-state index is -0.409. The smallest absolute Gasteiger partial charge is 0.339 e. The zero-order chi connectivity index (χ0) is 16.4. The highest BCUT2D eigenvalue weighted by Crippen LogP contribution is 2.39. The molecule has 116 valence electrons. The Morgan fingerprint density at radius 3 is 2.35 bits per heavy atom. The molecule has 2 aromatic rings. The first-order valence-electron chi connectivity index (χ1n) is 7.31. The van der Waals surface area contributed by atoms with Crippen LogP contribution in [0, 0.1) is 0 Å². The van der Waals surface area contributed by atoms with Crippen LogP contribution in [0.2, 0.25) is 0 Å². The van der Waals surface area contributed by atoms with E-state index >= 15 is 0 Å². The Morgan fingerprint density at radius 1 is 0.957 bits per heavy atom. The second kappa shape index (κ2) is 6.08. The highest BCUT2D eigenvalue weighted by atomic mass is 16.5. The summed E-state index contributed by atoms with van der Waals surface area (Å²) in [6.07, 6.45) is -0.359. The molecule has 1 unspecified atom stereocenters. The highest BCUT2D eigenvalue weighted by Gasteiger charge is 2.34. The average molecular weight is 308 g/mol. The SMILES string of the molecule is COc1ccc(=O)ccc1C1=C(c2ccccc2)C(C)OC1=O. The minimum Gasteiger partial charge on any atom is -0.496 e. The van der Waals surface area contributed by atoms with Gasteiger partial charge in [0.1, 0.15) is 11.9 Å². The predicted octanol–water partition coefficient (Wildman–Crippen LogP) is 2.91. The maximum Gasteiger partial charge on any atom is 0.339 e. The molecule has 1 aliphatic rings. The first kappa shape index (κ1) is 15.0. The van der Waals surface area contributed by atoms with Crippen molar-refractivity contribution in [1.29, 1.82) is 0 Å². The Hall–Kier alpha value is -2.88. The van der Waals surface area contributed by atoms with Crippen LogP contribution in [0.15, 0.2) is 59.4 Å². The van der Waals surface area contributed by atoms with Crippen molar-refractivity contribution in [3.63, 3.8) is 0 Å². The van der Waals surface area contributed by atoms with Gasteiger partial charge in [-0.3, -0.25) is 4.79 Å². The molecule has 0 aliphatic carbocycles. The van der Waals surface area contributed by atoms with Crippen LogP contribution in [0.1, 0.15) is 18.1 Å². The second-order valence-electron chi connectivity index (χ2n) is 5.25. The molecule has 0 spiro atoms. The van der Waals surface area contributed by atoms with Crippen LogP contribution in [0.5, 0.6) is 5.75 Å².